The van der Waals surface area contributed by atoms with Crippen LogP contribution in [0.3, 0.4) is 0 Å². The minimum absolute atomic E-state index is 0.121. The largest absolute Gasteiger partial charge is 0.368 e. The molecular formula is C19H25N4O2. The average molecular weight is 341 g/mol. The van der Waals surface area contributed by atoms with Crippen molar-refractivity contribution in [2.75, 3.05) is 32.1 Å². The van der Waals surface area contributed by atoms with E-state index >= 15 is 0 Å². The molecule has 1 atom stereocenters. The molecule has 0 aromatic heterocycles. The molecule has 0 spiro atoms. The topological polar surface area (TPSA) is 69.9 Å². The summed E-state index contributed by atoms with van der Waals surface area (Å²) < 4.78 is 0. The zero-order chi connectivity index (χ0) is 17.8. The van der Waals surface area contributed by atoms with Crippen molar-refractivity contribution in [1.82, 2.24) is 9.80 Å². The van der Waals surface area contributed by atoms with E-state index in [-0.39, 0.29) is 11.6 Å². The molecule has 1 aromatic rings. The third-order valence-electron chi connectivity index (χ3n) is 6.36. The summed E-state index contributed by atoms with van der Waals surface area (Å²) in [7, 11) is 4.25. The molecular weight excluding hydrogens is 316 g/mol. The number of hydrogen-bond acceptors (Lipinski definition) is 3. The Kier molecular flexibility index (Phi) is 3.58. The first-order chi connectivity index (χ1) is 11.9. The van der Waals surface area contributed by atoms with Crippen molar-refractivity contribution in [2.45, 2.75) is 36.8 Å². The van der Waals surface area contributed by atoms with Crippen molar-refractivity contribution >= 4 is 17.6 Å². The molecule has 3 fully saturated rings. The van der Waals surface area contributed by atoms with Crippen LogP contribution in [-0.4, -0.2) is 54.5 Å². The van der Waals surface area contributed by atoms with Crippen molar-refractivity contribution in [2.24, 2.45) is 5.73 Å². The van der Waals surface area contributed by atoms with Crippen LogP contribution in [0.1, 0.15) is 31.2 Å². The van der Waals surface area contributed by atoms with Crippen LogP contribution >= 0.6 is 0 Å². The van der Waals surface area contributed by atoms with E-state index in [9.17, 15) is 9.59 Å². The molecule has 25 heavy (non-hydrogen) atoms. The Balaban J connectivity index is 1.61. The number of anilines is 1. The molecule has 1 radical (unpaired) electrons. The minimum atomic E-state index is -0.950. The van der Waals surface area contributed by atoms with Gasteiger partial charge in [-0.3, -0.25) is 14.6 Å². The smallest absolute Gasteiger partial charge is 0.325 e. The average Bonchev–Trinajstić information content (AvgIpc) is 3.07. The minimum Gasteiger partial charge on any atom is -0.368 e. The molecule has 2 saturated heterocycles. The summed E-state index contributed by atoms with van der Waals surface area (Å²) in [6.45, 7) is 0.861. The number of nitrogens with zero attached hydrogens (tertiary/aromatic N) is 3. The van der Waals surface area contributed by atoms with Gasteiger partial charge in [0, 0.05) is 24.2 Å². The van der Waals surface area contributed by atoms with Gasteiger partial charge in [0.1, 0.15) is 5.54 Å². The Morgan fingerprint density at radius 1 is 1.20 bits per heavy atom. The van der Waals surface area contributed by atoms with Crippen LogP contribution in [0.25, 0.3) is 0 Å². The second-order valence-corrected chi connectivity index (χ2v) is 7.63. The van der Waals surface area contributed by atoms with Crippen molar-refractivity contribution in [3.8, 4) is 0 Å². The number of rotatable bonds is 4. The van der Waals surface area contributed by atoms with E-state index in [1.54, 1.807) is 9.80 Å². The van der Waals surface area contributed by atoms with Gasteiger partial charge in [-0.2, -0.15) is 0 Å². The Hall–Kier alpha value is -2.08. The van der Waals surface area contributed by atoms with Gasteiger partial charge in [0.15, 0.2) is 0 Å². The number of primary amides is 1. The molecule has 3 amide bonds. The van der Waals surface area contributed by atoms with Crippen LogP contribution in [0, 0.1) is 6.42 Å². The molecule has 1 saturated carbocycles. The first-order valence-corrected chi connectivity index (χ1v) is 8.92. The van der Waals surface area contributed by atoms with Crippen LogP contribution in [-0.2, 0) is 10.3 Å². The lowest BCUT2D eigenvalue weighted by atomic mass is 9.71. The van der Waals surface area contributed by atoms with Gasteiger partial charge in [-0.05, 0) is 57.5 Å². The zero-order valence-electron chi connectivity index (χ0n) is 14.9. The first kappa shape index (κ1) is 16.4. The lowest BCUT2D eigenvalue weighted by Gasteiger charge is -2.48. The Morgan fingerprint density at radius 3 is 2.36 bits per heavy atom. The second-order valence-electron chi connectivity index (χ2n) is 7.63. The molecule has 4 rings (SSSR count). The fraction of sp³-hybridized carbons (Fsp3) is 0.526. The maximum atomic E-state index is 12.8. The number of amides is 3. The predicted molar refractivity (Wildman–Crippen MR) is 95.9 cm³/mol. The molecule has 6 heteroatoms. The van der Waals surface area contributed by atoms with Gasteiger partial charge in [0.25, 0.3) is 0 Å². The first-order valence-electron chi connectivity index (χ1n) is 8.92. The number of urea groups is 1. The summed E-state index contributed by atoms with van der Waals surface area (Å²) in [4.78, 5) is 30.3. The van der Waals surface area contributed by atoms with Crippen molar-refractivity contribution in [3.63, 3.8) is 0 Å². The lowest BCUT2D eigenvalue weighted by molar-refractivity contribution is -0.124. The summed E-state index contributed by atoms with van der Waals surface area (Å²) >= 11 is 0. The highest BCUT2D eigenvalue weighted by atomic mass is 16.2. The number of carbonyl (C=O) groups excluding carboxylic acids is 2. The van der Waals surface area contributed by atoms with E-state index in [1.807, 2.05) is 18.6 Å². The van der Waals surface area contributed by atoms with Gasteiger partial charge in [-0.1, -0.05) is 12.1 Å². The van der Waals surface area contributed by atoms with Crippen molar-refractivity contribution in [1.29, 1.82) is 0 Å². The van der Waals surface area contributed by atoms with Crippen LogP contribution in [0.5, 0.6) is 0 Å². The molecule has 1 aliphatic carbocycles. The summed E-state index contributed by atoms with van der Waals surface area (Å²) in [6, 6.07) is 8.09. The molecule has 0 bridgehead atoms. The summed E-state index contributed by atoms with van der Waals surface area (Å²) in [5.41, 5.74) is 6.90. The molecule has 2 N–H and O–H groups in total. The zero-order valence-corrected chi connectivity index (χ0v) is 14.9. The highest BCUT2D eigenvalue weighted by Gasteiger charge is 2.56. The van der Waals surface area contributed by atoms with Crippen LogP contribution < -0.4 is 10.6 Å². The van der Waals surface area contributed by atoms with Gasteiger partial charge in [0.2, 0.25) is 5.91 Å². The quantitative estimate of drug-likeness (QED) is 0.906. The van der Waals surface area contributed by atoms with E-state index in [1.165, 1.54) is 12.0 Å². The third kappa shape index (κ3) is 2.13. The van der Waals surface area contributed by atoms with E-state index in [2.05, 4.69) is 31.1 Å². The molecule has 6 nitrogen and oxygen atoms in total. The van der Waals surface area contributed by atoms with Crippen molar-refractivity contribution in [3.05, 3.63) is 36.2 Å². The SMILES string of the molecule is CN(C)C1(c2ccc(N3C[C@@]4(C(N)=O)[CH]CCN4C3=O)cc2)CCC1. The number of carbonyl (C=O) groups is 2. The standard InChI is InChI=1S/C19H25N4O2/c1-21(2)18(9-3-10-18)14-5-7-15(8-6-14)22-13-19(16(20)24)11-4-12-23(19)17(22)25/h5-8,11H,3-4,9-10,12-13H2,1-2H3,(H2,20,24)/t19-/m1/s1. The van der Waals surface area contributed by atoms with Gasteiger partial charge in [-0.15, -0.1) is 0 Å². The van der Waals surface area contributed by atoms with Crippen LogP contribution in [0.2, 0.25) is 0 Å². The van der Waals surface area contributed by atoms with E-state index in [4.69, 9.17) is 5.73 Å². The maximum absolute atomic E-state index is 12.8. The number of benzene rings is 1. The third-order valence-corrected chi connectivity index (χ3v) is 6.36. The van der Waals surface area contributed by atoms with Crippen LogP contribution in [0.15, 0.2) is 24.3 Å². The van der Waals surface area contributed by atoms with E-state index in [0.717, 1.165) is 18.5 Å². The molecule has 3 aliphatic rings. The molecule has 1 aromatic carbocycles. The summed E-state index contributed by atoms with van der Waals surface area (Å²) in [5, 5.41) is 0. The monoisotopic (exact) mass is 341 g/mol. The molecule has 2 heterocycles. The normalized spacial score (nSPS) is 27.6. The highest BCUT2D eigenvalue weighted by Crippen LogP contribution is 2.46. The van der Waals surface area contributed by atoms with Gasteiger partial charge < -0.3 is 10.6 Å². The maximum Gasteiger partial charge on any atom is 0.325 e. The van der Waals surface area contributed by atoms with Gasteiger partial charge in [0.05, 0.1) is 6.54 Å². The fourth-order valence-electron chi connectivity index (χ4n) is 4.58. The lowest BCUT2D eigenvalue weighted by Crippen LogP contribution is -2.53. The van der Waals surface area contributed by atoms with E-state index < -0.39 is 11.4 Å². The number of nitrogens with two attached hydrogens (primary N) is 1. The van der Waals surface area contributed by atoms with Crippen LogP contribution in [0.4, 0.5) is 10.5 Å². The second kappa shape index (κ2) is 5.46. The molecule has 2 aliphatic heterocycles. The summed E-state index contributed by atoms with van der Waals surface area (Å²) in [6.07, 6.45) is 6.17. The van der Waals surface area contributed by atoms with Crippen molar-refractivity contribution < 1.29 is 9.59 Å². The van der Waals surface area contributed by atoms with E-state index in [0.29, 0.717) is 19.5 Å². The summed E-state index contributed by atoms with van der Waals surface area (Å²) in [5.74, 6) is -0.446. The molecule has 133 valence electrons. The number of fused-ring (bicyclic) bond motifs is 1. The van der Waals surface area contributed by atoms with Gasteiger partial charge >= 0.3 is 6.03 Å². The molecule has 0 unspecified atom stereocenters. The van der Waals surface area contributed by atoms with Gasteiger partial charge in [-0.25, -0.2) is 4.79 Å². The number of hydrogen-bond donors (Lipinski definition) is 1. The fourth-order valence-corrected chi connectivity index (χ4v) is 4.58. The highest BCUT2D eigenvalue weighted by molar-refractivity contribution is 6.04. The Labute approximate surface area is 148 Å². The predicted octanol–water partition coefficient (Wildman–Crippen LogP) is 1.70. The Bertz CT molecular complexity index is 711. The Morgan fingerprint density at radius 2 is 1.88 bits per heavy atom.